The number of thiocarbonyl (C=S) groups is 1. The van der Waals surface area contributed by atoms with Crippen LogP contribution < -0.4 is 20.9 Å². The van der Waals surface area contributed by atoms with Crippen molar-refractivity contribution in [3.05, 3.63) is 59.9 Å². The van der Waals surface area contributed by atoms with Crippen LogP contribution in [0.2, 0.25) is 0 Å². The summed E-state index contributed by atoms with van der Waals surface area (Å²) < 4.78 is 40.4. The van der Waals surface area contributed by atoms with Crippen molar-refractivity contribution in [1.29, 1.82) is 0 Å². The molecule has 30 heavy (non-hydrogen) atoms. The number of nitrogens with one attached hydrogen (secondary N) is 4. The molecule has 10 heteroatoms. The van der Waals surface area contributed by atoms with Crippen LogP contribution in [0, 0.1) is 5.82 Å². The SMILES string of the molecule is CCCCc1ccc(NC(=S)NNC(=O)[C@@H](C)NS(=O)(=O)c2ccccc2F)cc1. The average molecular weight is 453 g/mol. The quantitative estimate of drug-likeness (QED) is 0.363. The van der Waals surface area contributed by atoms with Gasteiger partial charge in [0.2, 0.25) is 10.0 Å². The van der Waals surface area contributed by atoms with Crippen molar-refractivity contribution in [3.63, 3.8) is 0 Å². The molecule has 0 saturated carbocycles. The fourth-order valence-corrected chi connectivity index (χ4v) is 3.99. The van der Waals surface area contributed by atoms with Gasteiger partial charge >= 0.3 is 0 Å². The molecule has 0 aliphatic carbocycles. The van der Waals surface area contributed by atoms with Crippen molar-refractivity contribution < 1.29 is 17.6 Å². The molecule has 2 aromatic carbocycles. The number of halogens is 1. The number of hydrogen-bond donors (Lipinski definition) is 4. The highest BCUT2D eigenvalue weighted by molar-refractivity contribution is 7.89. The van der Waals surface area contributed by atoms with E-state index in [0.29, 0.717) is 0 Å². The maximum absolute atomic E-state index is 13.7. The molecule has 7 nitrogen and oxygen atoms in total. The van der Waals surface area contributed by atoms with Gasteiger partial charge in [-0.05, 0) is 61.8 Å². The molecule has 1 atom stereocenters. The number of rotatable bonds is 8. The van der Waals surface area contributed by atoms with E-state index in [0.717, 1.165) is 37.1 Å². The Morgan fingerprint density at radius 3 is 2.40 bits per heavy atom. The number of hydrazine groups is 1. The van der Waals surface area contributed by atoms with Crippen molar-refractivity contribution in [1.82, 2.24) is 15.6 Å². The summed E-state index contributed by atoms with van der Waals surface area (Å²) in [7, 11) is -4.20. The third-order valence-corrected chi connectivity index (χ3v) is 5.96. The maximum Gasteiger partial charge on any atom is 0.256 e. The molecule has 162 valence electrons. The first-order valence-electron chi connectivity index (χ1n) is 9.45. The highest BCUT2D eigenvalue weighted by Crippen LogP contribution is 2.14. The van der Waals surface area contributed by atoms with E-state index in [9.17, 15) is 17.6 Å². The molecular weight excluding hydrogens is 427 g/mol. The summed E-state index contributed by atoms with van der Waals surface area (Å²) in [4.78, 5) is 11.6. The second-order valence-electron chi connectivity index (χ2n) is 6.64. The third kappa shape index (κ3) is 7.05. The Morgan fingerprint density at radius 1 is 1.10 bits per heavy atom. The summed E-state index contributed by atoms with van der Waals surface area (Å²) in [6, 6.07) is 11.5. The minimum absolute atomic E-state index is 0.133. The number of sulfonamides is 1. The lowest BCUT2D eigenvalue weighted by Crippen LogP contribution is -2.51. The number of benzene rings is 2. The minimum atomic E-state index is -4.20. The fourth-order valence-electron chi connectivity index (χ4n) is 2.54. The van der Waals surface area contributed by atoms with Gasteiger partial charge in [0.1, 0.15) is 10.7 Å². The lowest BCUT2D eigenvalue weighted by atomic mass is 10.1. The predicted octanol–water partition coefficient (Wildman–Crippen LogP) is 2.85. The van der Waals surface area contributed by atoms with Crippen LogP contribution in [0.15, 0.2) is 53.4 Å². The molecule has 0 aromatic heterocycles. The third-order valence-electron chi connectivity index (χ3n) is 4.18. The normalized spacial score (nSPS) is 12.1. The predicted molar refractivity (Wildman–Crippen MR) is 119 cm³/mol. The smallest absolute Gasteiger partial charge is 0.256 e. The van der Waals surface area contributed by atoms with Crippen LogP contribution in [0.5, 0.6) is 0 Å². The largest absolute Gasteiger partial charge is 0.331 e. The molecule has 0 unspecified atom stereocenters. The zero-order valence-electron chi connectivity index (χ0n) is 16.7. The first kappa shape index (κ1) is 23.7. The van der Waals surface area contributed by atoms with Crippen LogP contribution in [-0.4, -0.2) is 25.5 Å². The first-order valence-corrected chi connectivity index (χ1v) is 11.3. The Kier molecular flexibility index (Phi) is 8.70. The Labute approximate surface area is 181 Å². The fraction of sp³-hybridized carbons (Fsp3) is 0.300. The summed E-state index contributed by atoms with van der Waals surface area (Å²) >= 11 is 5.12. The van der Waals surface area contributed by atoms with Crippen LogP contribution in [0.25, 0.3) is 0 Å². The van der Waals surface area contributed by atoms with Crippen LogP contribution in [0.4, 0.5) is 10.1 Å². The van der Waals surface area contributed by atoms with E-state index in [1.165, 1.54) is 24.6 Å². The van der Waals surface area contributed by atoms with Gasteiger partial charge in [-0.2, -0.15) is 4.72 Å². The van der Waals surface area contributed by atoms with Gasteiger partial charge in [-0.3, -0.25) is 15.6 Å². The van der Waals surface area contributed by atoms with Crippen molar-refractivity contribution in [2.24, 2.45) is 0 Å². The lowest BCUT2D eigenvalue weighted by molar-refractivity contribution is -0.122. The van der Waals surface area contributed by atoms with Gasteiger partial charge < -0.3 is 5.32 Å². The Balaban J connectivity index is 1.84. The number of carbonyl (C=O) groups excluding carboxylic acids is 1. The zero-order valence-corrected chi connectivity index (χ0v) is 18.4. The molecule has 0 saturated heterocycles. The van der Waals surface area contributed by atoms with Crippen molar-refractivity contribution in [2.75, 3.05) is 5.32 Å². The molecule has 0 spiro atoms. The minimum Gasteiger partial charge on any atom is -0.331 e. The van der Waals surface area contributed by atoms with E-state index < -0.39 is 32.7 Å². The molecule has 0 radical (unpaired) electrons. The number of anilines is 1. The van der Waals surface area contributed by atoms with E-state index >= 15 is 0 Å². The average Bonchev–Trinajstić information content (AvgIpc) is 2.71. The molecule has 0 fully saturated rings. The van der Waals surface area contributed by atoms with E-state index in [1.807, 2.05) is 24.3 Å². The summed E-state index contributed by atoms with van der Waals surface area (Å²) in [5.41, 5.74) is 6.80. The van der Waals surface area contributed by atoms with Crippen molar-refractivity contribution in [3.8, 4) is 0 Å². The second-order valence-corrected chi connectivity index (χ2v) is 8.73. The highest BCUT2D eigenvalue weighted by Gasteiger charge is 2.24. The molecule has 0 bridgehead atoms. The number of aryl methyl sites for hydroxylation is 1. The maximum atomic E-state index is 13.7. The topological polar surface area (TPSA) is 99.3 Å². The number of hydrogen-bond acceptors (Lipinski definition) is 4. The monoisotopic (exact) mass is 452 g/mol. The van der Waals surface area contributed by atoms with Gasteiger partial charge in [0, 0.05) is 5.69 Å². The van der Waals surface area contributed by atoms with Gasteiger partial charge in [0.25, 0.3) is 5.91 Å². The molecule has 0 aliphatic rings. The molecule has 0 aliphatic heterocycles. The van der Waals surface area contributed by atoms with Crippen LogP contribution in [0.3, 0.4) is 0 Å². The highest BCUT2D eigenvalue weighted by atomic mass is 32.2. The van der Waals surface area contributed by atoms with Crippen LogP contribution in [0.1, 0.15) is 32.3 Å². The zero-order chi connectivity index (χ0) is 22.1. The molecule has 1 amide bonds. The molecule has 2 rings (SSSR count). The Hall–Kier alpha value is -2.56. The van der Waals surface area contributed by atoms with Crippen LogP contribution >= 0.6 is 12.2 Å². The second kappa shape index (κ2) is 11.0. The van der Waals surface area contributed by atoms with Gasteiger partial charge in [0.15, 0.2) is 5.11 Å². The van der Waals surface area contributed by atoms with Gasteiger partial charge in [0.05, 0.1) is 6.04 Å². The first-order chi connectivity index (χ1) is 14.2. The Bertz CT molecular complexity index is 982. The summed E-state index contributed by atoms with van der Waals surface area (Å²) in [5, 5.41) is 3.05. The van der Waals surface area contributed by atoms with Gasteiger partial charge in [-0.1, -0.05) is 37.6 Å². The van der Waals surface area contributed by atoms with E-state index in [-0.39, 0.29) is 5.11 Å². The molecule has 2 aromatic rings. The van der Waals surface area contributed by atoms with Gasteiger partial charge in [-0.25, -0.2) is 12.8 Å². The number of carbonyl (C=O) groups is 1. The summed E-state index contributed by atoms with van der Waals surface area (Å²) in [5.74, 6) is -1.59. The molecular formula is C20H25FN4O3S2. The van der Waals surface area contributed by atoms with Crippen molar-refractivity contribution >= 4 is 38.9 Å². The van der Waals surface area contributed by atoms with Crippen LogP contribution in [-0.2, 0) is 21.2 Å². The van der Waals surface area contributed by atoms with Gasteiger partial charge in [-0.15, -0.1) is 0 Å². The number of amides is 1. The van der Waals surface area contributed by atoms with E-state index in [4.69, 9.17) is 12.2 Å². The lowest BCUT2D eigenvalue weighted by Gasteiger charge is -2.16. The molecule has 0 heterocycles. The number of unbranched alkanes of at least 4 members (excludes halogenated alkanes) is 1. The van der Waals surface area contributed by atoms with E-state index in [1.54, 1.807) is 0 Å². The summed E-state index contributed by atoms with van der Waals surface area (Å²) in [6.07, 6.45) is 3.26. The molecule has 4 N–H and O–H groups in total. The summed E-state index contributed by atoms with van der Waals surface area (Å²) in [6.45, 7) is 3.47. The van der Waals surface area contributed by atoms with Crippen molar-refractivity contribution in [2.45, 2.75) is 44.0 Å². The van der Waals surface area contributed by atoms with E-state index in [2.05, 4.69) is 27.8 Å². The Morgan fingerprint density at radius 2 is 1.77 bits per heavy atom. The standard InChI is InChI=1S/C20H25FN4O3S2/c1-3-4-7-15-10-12-16(13-11-15)22-20(29)24-23-19(26)14(2)25-30(27,28)18-9-6-5-8-17(18)21/h5-6,8-14,25H,3-4,7H2,1-2H3,(H,23,26)(H2,22,24,29)/t14-/m1/s1.